The molecule has 3 heterocycles. The highest BCUT2D eigenvalue weighted by Crippen LogP contribution is 2.24. The van der Waals surface area contributed by atoms with Crippen molar-refractivity contribution in [3.63, 3.8) is 0 Å². The van der Waals surface area contributed by atoms with Crippen molar-refractivity contribution in [2.45, 2.75) is 0 Å². The first kappa shape index (κ1) is 13.2. The van der Waals surface area contributed by atoms with Gasteiger partial charge in [0.15, 0.2) is 0 Å². The third-order valence-corrected chi connectivity index (χ3v) is 3.45. The topological polar surface area (TPSA) is 79.8 Å². The Kier molecular flexibility index (Phi) is 3.83. The SMILES string of the molecule is O=C(Nc1ccccn1)Nc1csc(-c2cccnc2)n1. The maximum Gasteiger partial charge on any atom is 0.326 e. The van der Waals surface area contributed by atoms with Gasteiger partial charge in [0.2, 0.25) is 0 Å². The van der Waals surface area contributed by atoms with Gasteiger partial charge >= 0.3 is 6.03 Å². The molecule has 0 aliphatic heterocycles. The molecule has 0 saturated carbocycles. The van der Waals surface area contributed by atoms with Gasteiger partial charge in [-0.1, -0.05) is 6.07 Å². The van der Waals surface area contributed by atoms with Gasteiger partial charge in [-0.2, -0.15) is 0 Å². The molecule has 0 fully saturated rings. The zero-order chi connectivity index (χ0) is 14.5. The van der Waals surface area contributed by atoms with Gasteiger partial charge in [-0.25, -0.2) is 14.8 Å². The number of nitrogens with zero attached hydrogens (tertiary/aromatic N) is 3. The lowest BCUT2D eigenvalue weighted by atomic mass is 10.3. The summed E-state index contributed by atoms with van der Waals surface area (Å²) in [5.41, 5.74) is 0.917. The molecule has 3 aromatic heterocycles. The molecule has 3 rings (SSSR count). The molecule has 2 amide bonds. The highest BCUT2D eigenvalue weighted by Gasteiger charge is 2.08. The van der Waals surface area contributed by atoms with E-state index in [1.165, 1.54) is 11.3 Å². The van der Waals surface area contributed by atoms with Gasteiger partial charge in [0.1, 0.15) is 16.6 Å². The number of aromatic nitrogens is 3. The van der Waals surface area contributed by atoms with Crippen LogP contribution in [-0.4, -0.2) is 21.0 Å². The van der Waals surface area contributed by atoms with Crippen LogP contribution in [-0.2, 0) is 0 Å². The Labute approximate surface area is 124 Å². The normalized spacial score (nSPS) is 10.1. The monoisotopic (exact) mass is 297 g/mol. The molecule has 2 N–H and O–H groups in total. The number of carbonyl (C=O) groups is 1. The minimum absolute atomic E-state index is 0.378. The maximum atomic E-state index is 11.8. The molecular formula is C14H11N5OS. The minimum Gasteiger partial charge on any atom is -0.292 e. The summed E-state index contributed by atoms with van der Waals surface area (Å²) in [6.45, 7) is 0. The van der Waals surface area contributed by atoms with E-state index in [1.54, 1.807) is 42.2 Å². The van der Waals surface area contributed by atoms with E-state index in [1.807, 2.05) is 12.1 Å². The fourth-order valence-electron chi connectivity index (χ4n) is 1.65. The van der Waals surface area contributed by atoms with Crippen LogP contribution in [0.15, 0.2) is 54.3 Å². The molecule has 21 heavy (non-hydrogen) atoms. The summed E-state index contributed by atoms with van der Waals surface area (Å²) in [6, 6.07) is 8.68. The molecule has 0 saturated heterocycles. The first-order chi connectivity index (χ1) is 10.3. The number of urea groups is 1. The molecule has 0 unspecified atom stereocenters. The van der Waals surface area contributed by atoms with Crippen LogP contribution < -0.4 is 10.6 Å². The number of carbonyl (C=O) groups excluding carboxylic acids is 1. The van der Waals surface area contributed by atoms with Crippen LogP contribution in [0.4, 0.5) is 16.4 Å². The molecule has 6 nitrogen and oxygen atoms in total. The van der Waals surface area contributed by atoms with Gasteiger partial charge in [-0.3, -0.25) is 15.6 Å². The molecule has 0 aromatic carbocycles. The van der Waals surface area contributed by atoms with Gasteiger partial charge in [-0.05, 0) is 24.3 Å². The van der Waals surface area contributed by atoms with Crippen LogP contribution in [0, 0.1) is 0 Å². The zero-order valence-electron chi connectivity index (χ0n) is 10.9. The first-order valence-electron chi connectivity index (χ1n) is 6.16. The second-order valence-electron chi connectivity index (χ2n) is 4.07. The van der Waals surface area contributed by atoms with E-state index in [9.17, 15) is 4.79 Å². The number of amides is 2. The third kappa shape index (κ3) is 3.40. The van der Waals surface area contributed by atoms with Crippen molar-refractivity contribution in [3.8, 4) is 10.6 Å². The fraction of sp³-hybridized carbons (Fsp3) is 0. The van der Waals surface area contributed by atoms with Gasteiger partial charge in [0.25, 0.3) is 0 Å². The summed E-state index contributed by atoms with van der Waals surface area (Å²) in [6.07, 6.45) is 5.05. The summed E-state index contributed by atoms with van der Waals surface area (Å²) in [5.74, 6) is 0.977. The molecular weight excluding hydrogens is 286 g/mol. The summed E-state index contributed by atoms with van der Waals surface area (Å²) >= 11 is 1.44. The number of nitrogens with one attached hydrogen (secondary N) is 2. The second kappa shape index (κ2) is 6.10. The van der Waals surface area contributed by atoms with Gasteiger partial charge in [-0.15, -0.1) is 11.3 Å². The number of anilines is 2. The summed E-state index contributed by atoms with van der Waals surface area (Å²) < 4.78 is 0. The molecule has 7 heteroatoms. The number of pyridine rings is 2. The highest BCUT2D eigenvalue weighted by atomic mass is 32.1. The van der Waals surface area contributed by atoms with E-state index in [2.05, 4.69) is 25.6 Å². The van der Waals surface area contributed by atoms with Gasteiger partial charge < -0.3 is 0 Å². The summed E-state index contributed by atoms with van der Waals surface area (Å²) in [5, 5.41) is 7.88. The van der Waals surface area contributed by atoms with Crippen molar-refractivity contribution in [1.29, 1.82) is 0 Å². The van der Waals surface area contributed by atoms with E-state index in [0.29, 0.717) is 11.6 Å². The van der Waals surface area contributed by atoms with E-state index in [0.717, 1.165) is 10.6 Å². The minimum atomic E-state index is -0.378. The zero-order valence-corrected chi connectivity index (χ0v) is 11.7. The van der Waals surface area contributed by atoms with E-state index >= 15 is 0 Å². The Balaban J connectivity index is 1.66. The summed E-state index contributed by atoms with van der Waals surface area (Å²) in [4.78, 5) is 24.2. The third-order valence-electron chi connectivity index (χ3n) is 2.56. The Hall–Kier alpha value is -2.80. The van der Waals surface area contributed by atoms with E-state index in [4.69, 9.17) is 0 Å². The smallest absolute Gasteiger partial charge is 0.292 e. The predicted molar refractivity (Wildman–Crippen MR) is 82.2 cm³/mol. The molecule has 3 aromatic rings. The van der Waals surface area contributed by atoms with Crippen LogP contribution in [0.5, 0.6) is 0 Å². The second-order valence-corrected chi connectivity index (χ2v) is 4.93. The molecule has 104 valence electrons. The number of hydrogen-bond acceptors (Lipinski definition) is 5. The van der Waals surface area contributed by atoms with Gasteiger partial charge in [0, 0.05) is 29.5 Å². The van der Waals surface area contributed by atoms with Gasteiger partial charge in [0.05, 0.1) is 0 Å². The van der Waals surface area contributed by atoms with Crippen LogP contribution in [0.3, 0.4) is 0 Å². The highest BCUT2D eigenvalue weighted by molar-refractivity contribution is 7.13. The van der Waals surface area contributed by atoms with Crippen LogP contribution in [0.2, 0.25) is 0 Å². The average molecular weight is 297 g/mol. The fourth-order valence-corrected chi connectivity index (χ4v) is 2.40. The Morgan fingerprint density at radius 1 is 1.05 bits per heavy atom. The van der Waals surface area contributed by atoms with Crippen LogP contribution in [0.1, 0.15) is 0 Å². The van der Waals surface area contributed by atoms with Crippen molar-refractivity contribution in [1.82, 2.24) is 15.0 Å². The largest absolute Gasteiger partial charge is 0.326 e. The standard InChI is InChI=1S/C14H11N5OS/c20-14(18-11-5-1-2-7-16-11)19-12-9-21-13(17-12)10-4-3-6-15-8-10/h1-9H,(H2,16,18,19,20). The predicted octanol–water partition coefficient (Wildman–Crippen LogP) is 3.24. The molecule has 0 spiro atoms. The first-order valence-corrected chi connectivity index (χ1v) is 7.04. The quantitative estimate of drug-likeness (QED) is 0.777. The van der Waals surface area contributed by atoms with Crippen LogP contribution in [0.25, 0.3) is 10.6 Å². The molecule has 0 atom stereocenters. The lowest BCUT2D eigenvalue weighted by molar-refractivity contribution is 0.262. The number of thiazole rings is 1. The lowest BCUT2D eigenvalue weighted by Gasteiger charge is -2.03. The molecule has 0 aliphatic carbocycles. The van der Waals surface area contributed by atoms with Crippen molar-refractivity contribution in [3.05, 3.63) is 54.3 Å². The van der Waals surface area contributed by atoms with Crippen LogP contribution >= 0.6 is 11.3 Å². The van der Waals surface area contributed by atoms with Crippen molar-refractivity contribution >= 4 is 29.0 Å². The maximum absolute atomic E-state index is 11.8. The Morgan fingerprint density at radius 3 is 2.71 bits per heavy atom. The van der Waals surface area contributed by atoms with E-state index < -0.39 is 0 Å². The molecule has 0 radical (unpaired) electrons. The van der Waals surface area contributed by atoms with Crippen molar-refractivity contribution in [2.75, 3.05) is 10.6 Å². The molecule has 0 aliphatic rings. The average Bonchev–Trinajstić information content (AvgIpc) is 2.97. The van der Waals surface area contributed by atoms with Crippen molar-refractivity contribution < 1.29 is 4.79 Å². The number of hydrogen-bond donors (Lipinski definition) is 2. The van der Waals surface area contributed by atoms with Crippen molar-refractivity contribution in [2.24, 2.45) is 0 Å². The lowest BCUT2D eigenvalue weighted by Crippen LogP contribution is -2.20. The molecule has 0 bridgehead atoms. The summed E-state index contributed by atoms with van der Waals surface area (Å²) in [7, 11) is 0. The Morgan fingerprint density at radius 2 is 1.95 bits per heavy atom. The van der Waals surface area contributed by atoms with E-state index in [-0.39, 0.29) is 6.03 Å². The Bertz CT molecular complexity index is 729. The number of rotatable bonds is 3.